The highest BCUT2D eigenvalue weighted by Crippen LogP contribution is 2.07. The molecule has 3 nitrogen and oxygen atoms in total. The van der Waals surface area contributed by atoms with Crippen molar-refractivity contribution in [1.82, 2.24) is 10.2 Å². The van der Waals surface area contributed by atoms with Crippen LogP contribution in [0.15, 0.2) is 24.3 Å². The second kappa shape index (κ2) is 6.28. The van der Waals surface area contributed by atoms with Gasteiger partial charge in [-0.25, -0.2) is 4.79 Å². The van der Waals surface area contributed by atoms with E-state index in [-0.39, 0.29) is 12.1 Å². The van der Waals surface area contributed by atoms with Crippen LogP contribution in [-0.2, 0) is 12.8 Å². The maximum absolute atomic E-state index is 11.5. The molecule has 0 saturated carbocycles. The Hall–Kier alpha value is -1.51. The van der Waals surface area contributed by atoms with Crippen molar-refractivity contribution in [3.63, 3.8) is 0 Å². The molecule has 1 rings (SSSR count). The predicted octanol–water partition coefficient (Wildman–Crippen LogP) is 2.45. The fraction of sp³-hybridized carbons (Fsp3) is 0.500. The average Bonchev–Trinajstić information content (AvgIpc) is 2.29. The Bertz CT molecular complexity index is 357. The van der Waals surface area contributed by atoms with Crippen LogP contribution in [0.4, 0.5) is 4.79 Å². The molecule has 0 aliphatic rings. The average molecular weight is 234 g/mol. The fourth-order valence-corrected chi connectivity index (χ4v) is 1.66. The van der Waals surface area contributed by atoms with E-state index in [4.69, 9.17) is 0 Å². The molecule has 0 fully saturated rings. The van der Waals surface area contributed by atoms with E-state index in [9.17, 15) is 4.79 Å². The van der Waals surface area contributed by atoms with Gasteiger partial charge in [-0.05, 0) is 30.9 Å². The summed E-state index contributed by atoms with van der Waals surface area (Å²) < 4.78 is 0. The van der Waals surface area contributed by atoms with E-state index in [1.807, 2.05) is 6.92 Å². The largest absolute Gasteiger partial charge is 0.335 e. The number of nitrogens with zero attached hydrogens (tertiary/aromatic N) is 1. The molecular weight excluding hydrogens is 212 g/mol. The number of amides is 2. The number of carbonyl (C=O) groups is 1. The number of aryl methyl sites for hydroxylation is 1. The zero-order valence-corrected chi connectivity index (χ0v) is 11.2. The molecule has 0 heterocycles. The van der Waals surface area contributed by atoms with Gasteiger partial charge in [0.2, 0.25) is 0 Å². The standard InChI is InChI=1S/C14H22N2O/c1-5-12-6-8-13(9-7-12)10-11(2)15-14(17)16(3)4/h6-9,11H,5,10H2,1-4H3,(H,15,17). The number of urea groups is 1. The lowest BCUT2D eigenvalue weighted by atomic mass is 10.0. The van der Waals surface area contributed by atoms with Gasteiger partial charge in [-0.15, -0.1) is 0 Å². The molecule has 0 aliphatic carbocycles. The van der Waals surface area contributed by atoms with Crippen molar-refractivity contribution in [1.29, 1.82) is 0 Å². The number of carbonyl (C=O) groups excluding carboxylic acids is 1. The lowest BCUT2D eigenvalue weighted by Crippen LogP contribution is -2.40. The van der Waals surface area contributed by atoms with Gasteiger partial charge in [0.25, 0.3) is 0 Å². The minimum Gasteiger partial charge on any atom is -0.335 e. The van der Waals surface area contributed by atoms with Crippen molar-refractivity contribution in [2.45, 2.75) is 32.7 Å². The molecule has 0 radical (unpaired) electrons. The molecule has 17 heavy (non-hydrogen) atoms. The van der Waals surface area contributed by atoms with E-state index in [0.717, 1.165) is 12.8 Å². The first-order valence-corrected chi connectivity index (χ1v) is 6.08. The fourth-order valence-electron chi connectivity index (χ4n) is 1.66. The van der Waals surface area contributed by atoms with Crippen molar-refractivity contribution in [2.75, 3.05) is 14.1 Å². The molecule has 1 aromatic rings. The summed E-state index contributed by atoms with van der Waals surface area (Å²) in [4.78, 5) is 13.0. The third-order valence-corrected chi connectivity index (χ3v) is 2.75. The highest BCUT2D eigenvalue weighted by atomic mass is 16.2. The summed E-state index contributed by atoms with van der Waals surface area (Å²) in [5, 5.41) is 2.94. The maximum atomic E-state index is 11.5. The molecule has 1 aromatic carbocycles. The second-order valence-electron chi connectivity index (χ2n) is 4.62. The quantitative estimate of drug-likeness (QED) is 0.852. The number of hydrogen-bond donors (Lipinski definition) is 1. The molecule has 94 valence electrons. The summed E-state index contributed by atoms with van der Waals surface area (Å²) in [6.07, 6.45) is 1.93. The monoisotopic (exact) mass is 234 g/mol. The highest BCUT2D eigenvalue weighted by Gasteiger charge is 2.09. The minimum absolute atomic E-state index is 0.0392. The van der Waals surface area contributed by atoms with Crippen LogP contribution in [0.3, 0.4) is 0 Å². The Labute approximate surface area is 104 Å². The number of rotatable bonds is 4. The zero-order chi connectivity index (χ0) is 12.8. The predicted molar refractivity (Wildman–Crippen MR) is 71.2 cm³/mol. The van der Waals surface area contributed by atoms with E-state index in [0.29, 0.717) is 0 Å². The molecule has 0 spiro atoms. The van der Waals surface area contributed by atoms with Gasteiger partial charge < -0.3 is 10.2 Å². The van der Waals surface area contributed by atoms with Crippen molar-refractivity contribution in [3.05, 3.63) is 35.4 Å². The number of hydrogen-bond acceptors (Lipinski definition) is 1. The van der Waals surface area contributed by atoms with Gasteiger partial charge in [0.1, 0.15) is 0 Å². The van der Waals surface area contributed by atoms with E-state index in [1.165, 1.54) is 11.1 Å². The number of benzene rings is 1. The highest BCUT2D eigenvalue weighted by molar-refractivity contribution is 5.73. The van der Waals surface area contributed by atoms with Gasteiger partial charge in [0.05, 0.1) is 0 Å². The topological polar surface area (TPSA) is 32.3 Å². The normalized spacial score (nSPS) is 12.0. The SMILES string of the molecule is CCc1ccc(CC(C)NC(=O)N(C)C)cc1. The van der Waals surface area contributed by atoms with E-state index < -0.39 is 0 Å². The molecule has 1 atom stereocenters. The Kier molecular flexibility index (Phi) is 5.01. The molecule has 3 heteroatoms. The van der Waals surface area contributed by atoms with Crippen LogP contribution in [-0.4, -0.2) is 31.1 Å². The van der Waals surface area contributed by atoms with Crippen LogP contribution in [0.25, 0.3) is 0 Å². The minimum atomic E-state index is -0.0392. The Morgan fingerprint density at radius 1 is 1.24 bits per heavy atom. The third kappa shape index (κ3) is 4.47. The van der Waals surface area contributed by atoms with Gasteiger partial charge in [0, 0.05) is 20.1 Å². The molecule has 2 amide bonds. The van der Waals surface area contributed by atoms with Gasteiger partial charge in [-0.2, -0.15) is 0 Å². The molecule has 1 unspecified atom stereocenters. The lowest BCUT2D eigenvalue weighted by molar-refractivity contribution is 0.214. The first-order valence-electron chi connectivity index (χ1n) is 6.08. The molecular formula is C14H22N2O. The number of nitrogens with one attached hydrogen (secondary N) is 1. The summed E-state index contributed by atoms with van der Waals surface area (Å²) >= 11 is 0. The molecule has 0 bridgehead atoms. The smallest absolute Gasteiger partial charge is 0.317 e. The summed E-state index contributed by atoms with van der Waals surface area (Å²) in [5.41, 5.74) is 2.60. The van der Waals surface area contributed by atoms with Crippen molar-refractivity contribution < 1.29 is 4.79 Å². The second-order valence-corrected chi connectivity index (χ2v) is 4.62. The van der Waals surface area contributed by atoms with Crippen LogP contribution in [0.5, 0.6) is 0 Å². The van der Waals surface area contributed by atoms with Crippen molar-refractivity contribution in [3.8, 4) is 0 Å². The Morgan fingerprint density at radius 3 is 2.24 bits per heavy atom. The van der Waals surface area contributed by atoms with Crippen LogP contribution in [0.1, 0.15) is 25.0 Å². The lowest BCUT2D eigenvalue weighted by Gasteiger charge is -2.18. The van der Waals surface area contributed by atoms with E-state index in [1.54, 1.807) is 19.0 Å². The summed E-state index contributed by atoms with van der Waals surface area (Å²) in [5.74, 6) is 0. The van der Waals surface area contributed by atoms with Crippen LogP contribution in [0, 0.1) is 0 Å². The molecule has 1 N–H and O–H groups in total. The summed E-state index contributed by atoms with van der Waals surface area (Å²) in [6.45, 7) is 4.17. The summed E-state index contributed by atoms with van der Waals surface area (Å²) in [7, 11) is 3.50. The Morgan fingerprint density at radius 2 is 1.76 bits per heavy atom. The van der Waals surface area contributed by atoms with Crippen LogP contribution < -0.4 is 5.32 Å². The van der Waals surface area contributed by atoms with E-state index in [2.05, 4.69) is 36.5 Å². The molecule has 0 aliphatic heterocycles. The van der Waals surface area contributed by atoms with Crippen LogP contribution >= 0.6 is 0 Å². The Balaban J connectivity index is 2.50. The molecule has 0 saturated heterocycles. The first kappa shape index (κ1) is 13.6. The first-order chi connectivity index (χ1) is 8.02. The van der Waals surface area contributed by atoms with Gasteiger partial charge in [-0.1, -0.05) is 31.2 Å². The van der Waals surface area contributed by atoms with Gasteiger partial charge >= 0.3 is 6.03 Å². The van der Waals surface area contributed by atoms with E-state index >= 15 is 0 Å². The maximum Gasteiger partial charge on any atom is 0.317 e. The summed E-state index contributed by atoms with van der Waals surface area (Å²) in [6, 6.07) is 8.68. The van der Waals surface area contributed by atoms with Crippen LogP contribution in [0.2, 0.25) is 0 Å². The third-order valence-electron chi connectivity index (χ3n) is 2.75. The van der Waals surface area contributed by atoms with Crippen molar-refractivity contribution in [2.24, 2.45) is 0 Å². The molecule has 0 aromatic heterocycles. The van der Waals surface area contributed by atoms with Gasteiger partial charge in [0.15, 0.2) is 0 Å². The van der Waals surface area contributed by atoms with Gasteiger partial charge in [-0.3, -0.25) is 0 Å². The van der Waals surface area contributed by atoms with Crippen molar-refractivity contribution >= 4 is 6.03 Å². The zero-order valence-electron chi connectivity index (χ0n) is 11.2.